The van der Waals surface area contributed by atoms with Gasteiger partial charge in [0.05, 0.1) is 7.11 Å². The summed E-state index contributed by atoms with van der Waals surface area (Å²) in [4.78, 5) is 6.07. The number of aromatic nitrogens is 1. The molecule has 14 heavy (non-hydrogen) atoms. The maximum atomic E-state index is 5.23. The van der Waals surface area contributed by atoms with Gasteiger partial charge in [0.15, 0.2) is 23.2 Å². The predicted molar refractivity (Wildman–Crippen MR) is 54.9 cm³/mol. The lowest BCUT2D eigenvalue weighted by atomic mass is 10.2. The van der Waals surface area contributed by atoms with Gasteiger partial charge in [-0.3, -0.25) is 0 Å². The summed E-state index contributed by atoms with van der Waals surface area (Å²) < 4.78 is 10.5. The molecule has 1 aromatic carbocycles. The van der Waals surface area contributed by atoms with Gasteiger partial charge in [-0.05, 0) is 0 Å². The highest BCUT2D eigenvalue weighted by molar-refractivity contribution is 5.83. The Bertz CT molecular complexity index is 448. The lowest BCUT2D eigenvalue weighted by Gasteiger charge is -2.13. The van der Waals surface area contributed by atoms with Crippen LogP contribution in [0, 0.1) is 0 Å². The van der Waals surface area contributed by atoms with Crippen molar-refractivity contribution < 1.29 is 9.15 Å². The minimum atomic E-state index is 0.736. The highest BCUT2D eigenvalue weighted by Gasteiger charge is 2.09. The molecule has 0 atom stereocenters. The van der Waals surface area contributed by atoms with Crippen LogP contribution in [0.25, 0.3) is 11.1 Å². The molecule has 1 aromatic heterocycles. The van der Waals surface area contributed by atoms with Crippen molar-refractivity contribution in [3.63, 3.8) is 0 Å². The van der Waals surface area contributed by atoms with E-state index >= 15 is 0 Å². The second-order valence-electron chi connectivity index (χ2n) is 3.24. The topological polar surface area (TPSA) is 38.5 Å². The van der Waals surface area contributed by atoms with E-state index < -0.39 is 0 Å². The van der Waals surface area contributed by atoms with Crippen LogP contribution in [0.1, 0.15) is 0 Å². The minimum absolute atomic E-state index is 0.736. The molecule has 0 fully saturated rings. The van der Waals surface area contributed by atoms with Crippen molar-refractivity contribution >= 4 is 16.8 Å². The first-order valence-electron chi connectivity index (χ1n) is 4.31. The van der Waals surface area contributed by atoms with E-state index in [0.717, 1.165) is 22.5 Å². The van der Waals surface area contributed by atoms with Gasteiger partial charge < -0.3 is 14.1 Å². The summed E-state index contributed by atoms with van der Waals surface area (Å²) in [5.41, 5.74) is 2.54. The van der Waals surface area contributed by atoms with Crippen LogP contribution in [0.3, 0.4) is 0 Å². The van der Waals surface area contributed by atoms with E-state index in [1.165, 1.54) is 6.39 Å². The lowest BCUT2D eigenvalue weighted by molar-refractivity contribution is 0.419. The first-order valence-corrected chi connectivity index (χ1v) is 4.31. The molecule has 4 heteroatoms. The second-order valence-corrected chi connectivity index (χ2v) is 3.24. The Morgan fingerprint density at radius 2 is 2.14 bits per heavy atom. The summed E-state index contributed by atoms with van der Waals surface area (Å²) in [6.07, 6.45) is 1.42. The largest absolute Gasteiger partial charge is 0.494 e. The summed E-state index contributed by atoms with van der Waals surface area (Å²) in [5, 5.41) is 0. The molecule has 0 amide bonds. The highest BCUT2D eigenvalue weighted by atomic mass is 16.5. The van der Waals surface area contributed by atoms with Crippen LogP contribution in [-0.4, -0.2) is 26.2 Å². The molecule has 0 saturated carbocycles. The zero-order valence-corrected chi connectivity index (χ0v) is 8.44. The number of fused-ring (bicyclic) bond motifs is 1. The van der Waals surface area contributed by atoms with Gasteiger partial charge in [-0.2, -0.15) is 0 Å². The number of rotatable bonds is 2. The fourth-order valence-electron chi connectivity index (χ4n) is 1.34. The molecule has 0 aliphatic heterocycles. The third-order valence-electron chi connectivity index (χ3n) is 2.12. The minimum Gasteiger partial charge on any atom is -0.494 e. The van der Waals surface area contributed by atoms with Gasteiger partial charge in [-0.25, -0.2) is 4.98 Å². The Labute approximate surface area is 82.1 Å². The van der Waals surface area contributed by atoms with Crippen molar-refractivity contribution in [2.24, 2.45) is 0 Å². The van der Waals surface area contributed by atoms with Crippen molar-refractivity contribution in [3.8, 4) is 5.75 Å². The molecular formula is C10H12N2O2. The first kappa shape index (κ1) is 8.87. The fourth-order valence-corrected chi connectivity index (χ4v) is 1.34. The number of anilines is 1. The molecule has 0 spiro atoms. The summed E-state index contributed by atoms with van der Waals surface area (Å²) in [6.45, 7) is 0. The van der Waals surface area contributed by atoms with Gasteiger partial charge in [0.25, 0.3) is 0 Å². The molecule has 0 bridgehead atoms. The Balaban J connectivity index is 2.67. The van der Waals surface area contributed by atoms with E-state index in [0.29, 0.717) is 0 Å². The number of ether oxygens (including phenoxy) is 1. The molecule has 0 unspecified atom stereocenters. The fraction of sp³-hybridized carbons (Fsp3) is 0.300. The van der Waals surface area contributed by atoms with Gasteiger partial charge >= 0.3 is 0 Å². The molecule has 2 rings (SSSR count). The van der Waals surface area contributed by atoms with Crippen LogP contribution in [-0.2, 0) is 0 Å². The van der Waals surface area contributed by atoms with Crippen LogP contribution in [0.15, 0.2) is 22.9 Å². The van der Waals surface area contributed by atoms with Gasteiger partial charge in [0.1, 0.15) is 0 Å². The lowest BCUT2D eigenvalue weighted by Crippen LogP contribution is -2.08. The Morgan fingerprint density at radius 1 is 1.36 bits per heavy atom. The Hall–Kier alpha value is -1.71. The van der Waals surface area contributed by atoms with Crippen molar-refractivity contribution in [2.75, 3.05) is 26.1 Å². The maximum Gasteiger partial charge on any atom is 0.182 e. The SMILES string of the molecule is COc1cc(N(C)C)cc2ocnc12. The zero-order chi connectivity index (χ0) is 10.1. The van der Waals surface area contributed by atoms with Crippen molar-refractivity contribution in [2.45, 2.75) is 0 Å². The summed E-state index contributed by atoms with van der Waals surface area (Å²) in [7, 11) is 5.57. The molecule has 0 aliphatic rings. The molecule has 0 N–H and O–H groups in total. The summed E-state index contributed by atoms with van der Waals surface area (Å²) in [6, 6.07) is 3.87. The molecule has 0 aliphatic carbocycles. The first-order chi connectivity index (χ1) is 6.72. The van der Waals surface area contributed by atoms with E-state index in [1.807, 2.05) is 31.1 Å². The Kier molecular flexibility index (Phi) is 2.04. The number of oxazole rings is 1. The van der Waals surface area contributed by atoms with E-state index in [1.54, 1.807) is 7.11 Å². The third-order valence-corrected chi connectivity index (χ3v) is 2.12. The van der Waals surface area contributed by atoms with Gasteiger partial charge in [0.2, 0.25) is 0 Å². The van der Waals surface area contributed by atoms with Crippen molar-refractivity contribution in [3.05, 3.63) is 18.5 Å². The van der Waals surface area contributed by atoms with Crippen LogP contribution >= 0.6 is 0 Å². The quantitative estimate of drug-likeness (QED) is 0.728. The predicted octanol–water partition coefficient (Wildman–Crippen LogP) is 1.90. The zero-order valence-electron chi connectivity index (χ0n) is 8.44. The number of benzene rings is 1. The molecule has 0 radical (unpaired) electrons. The average molecular weight is 192 g/mol. The van der Waals surface area contributed by atoms with Crippen molar-refractivity contribution in [1.29, 1.82) is 0 Å². The molecule has 1 heterocycles. The summed E-state index contributed by atoms with van der Waals surface area (Å²) in [5.74, 6) is 0.736. The highest BCUT2D eigenvalue weighted by Crippen LogP contribution is 2.29. The number of hydrogen-bond acceptors (Lipinski definition) is 4. The molecule has 0 saturated heterocycles. The van der Waals surface area contributed by atoms with Crippen LogP contribution < -0.4 is 9.64 Å². The summed E-state index contributed by atoms with van der Waals surface area (Å²) >= 11 is 0. The standard InChI is InChI=1S/C10H12N2O2/c1-12(2)7-4-8(13-3)10-9(5-7)14-6-11-10/h4-6H,1-3H3. The molecule has 74 valence electrons. The van der Waals surface area contributed by atoms with E-state index in [4.69, 9.17) is 9.15 Å². The molecule has 4 nitrogen and oxygen atoms in total. The number of nitrogens with zero attached hydrogens (tertiary/aromatic N) is 2. The molecule has 2 aromatic rings. The number of hydrogen-bond donors (Lipinski definition) is 0. The van der Waals surface area contributed by atoms with Crippen molar-refractivity contribution in [1.82, 2.24) is 4.98 Å². The monoisotopic (exact) mass is 192 g/mol. The van der Waals surface area contributed by atoms with Gasteiger partial charge in [-0.15, -0.1) is 0 Å². The van der Waals surface area contributed by atoms with Crippen LogP contribution in [0.5, 0.6) is 5.75 Å². The Morgan fingerprint density at radius 3 is 2.79 bits per heavy atom. The van der Waals surface area contributed by atoms with Crippen LogP contribution in [0.2, 0.25) is 0 Å². The van der Waals surface area contributed by atoms with Gasteiger partial charge in [0, 0.05) is 31.9 Å². The van der Waals surface area contributed by atoms with E-state index in [2.05, 4.69) is 4.98 Å². The maximum absolute atomic E-state index is 5.23. The average Bonchev–Trinajstić information content (AvgIpc) is 2.63. The normalized spacial score (nSPS) is 10.5. The van der Waals surface area contributed by atoms with E-state index in [-0.39, 0.29) is 0 Å². The smallest absolute Gasteiger partial charge is 0.182 e. The van der Waals surface area contributed by atoms with Crippen LogP contribution in [0.4, 0.5) is 5.69 Å². The van der Waals surface area contributed by atoms with Gasteiger partial charge in [-0.1, -0.05) is 0 Å². The second kappa shape index (κ2) is 3.21. The van der Waals surface area contributed by atoms with E-state index in [9.17, 15) is 0 Å². The number of methoxy groups -OCH3 is 1. The molecular weight excluding hydrogens is 180 g/mol. The third kappa shape index (κ3) is 1.28.